The SMILES string of the molecule is Cc1nc(-c2cccs2)nc2c1CC(CNC(C)C)CC2. The Kier molecular flexibility index (Phi) is 4.36. The number of hydrogen-bond donors (Lipinski definition) is 1. The Morgan fingerprint density at radius 3 is 2.95 bits per heavy atom. The van der Waals surface area contributed by atoms with Gasteiger partial charge in [-0.05, 0) is 55.7 Å². The lowest BCUT2D eigenvalue weighted by Crippen LogP contribution is -2.32. The van der Waals surface area contributed by atoms with Crippen LogP contribution in [0.5, 0.6) is 0 Å². The van der Waals surface area contributed by atoms with Crippen molar-refractivity contribution < 1.29 is 0 Å². The van der Waals surface area contributed by atoms with Gasteiger partial charge in [-0.15, -0.1) is 11.3 Å². The van der Waals surface area contributed by atoms with E-state index in [1.54, 1.807) is 11.3 Å². The zero-order valence-corrected chi connectivity index (χ0v) is 13.8. The van der Waals surface area contributed by atoms with E-state index in [2.05, 4.69) is 43.6 Å². The van der Waals surface area contributed by atoms with Crippen molar-refractivity contribution in [3.05, 3.63) is 34.5 Å². The molecule has 0 saturated heterocycles. The van der Waals surface area contributed by atoms with E-state index in [1.165, 1.54) is 22.6 Å². The van der Waals surface area contributed by atoms with Gasteiger partial charge in [-0.1, -0.05) is 19.9 Å². The van der Waals surface area contributed by atoms with Crippen molar-refractivity contribution in [3.63, 3.8) is 0 Å². The molecule has 112 valence electrons. The second-order valence-electron chi connectivity index (χ2n) is 6.21. The van der Waals surface area contributed by atoms with E-state index in [1.807, 2.05) is 0 Å². The molecular formula is C17H23N3S. The number of aromatic nitrogens is 2. The first-order valence-corrected chi connectivity index (χ1v) is 8.65. The first-order valence-electron chi connectivity index (χ1n) is 7.77. The van der Waals surface area contributed by atoms with Gasteiger partial charge < -0.3 is 5.32 Å². The van der Waals surface area contributed by atoms with Crippen LogP contribution in [0, 0.1) is 12.8 Å². The van der Waals surface area contributed by atoms with Gasteiger partial charge in [0.2, 0.25) is 0 Å². The predicted molar refractivity (Wildman–Crippen MR) is 88.7 cm³/mol. The zero-order valence-electron chi connectivity index (χ0n) is 13.0. The molecule has 0 radical (unpaired) electrons. The summed E-state index contributed by atoms with van der Waals surface area (Å²) in [6.45, 7) is 7.65. The molecule has 0 bridgehead atoms. The van der Waals surface area contributed by atoms with Crippen molar-refractivity contribution in [2.75, 3.05) is 6.54 Å². The minimum atomic E-state index is 0.560. The molecule has 1 aliphatic carbocycles. The van der Waals surface area contributed by atoms with E-state index in [0.717, 1.165) is 36.8 Å². The Bertz CT molecular complexity index is 605. The molecule has 0 aliphatic heterocycles. The molecule has 1 N–H and O–H groups in total. The van der Waals surface area contributed by atoms with Gasteiger partial charge in [-0.25, -0.2) is 9.97 Å². The quantitative estimate of drug-likeness (QED) is 0.937. The first-order chi connectivity index (χ1) is 10.1. The van der Waals surface area contributed by atoms with Crippen molar-refractivity contribution in [2.24, 2.45) is 5.92 Å². The smallest absolute Gasteiger partial charge is 0.169 e. The maximum absolute atomic E-state index is 4.83. The summed E-state index contributed by atoms with van der Waals surface area (Å²) in [5.74, 6) is 1.62. The minimum absolute atomic E-state index is 0.560. The highest BCUT2D eigenvalue weighted by atomic mass is 32.1. The van der Waals surface area contributed by atoms with Gasteiger partial charge in [0.15, 0.2) is 5.82 Å². The van der Waals surface area contributed by atoms with E-state index in [9.17, 15) is 0 Å². The van der Waals surface area contributed by atoms with E-state index in [-0.39, 0.29) is 0 Å². The summed E-state index contributed by atoms with van der Waals surface area (Å²) in [5.41, 5.74) is 3.82. The lowest BCUT2D eigenvalue weighted by Gasteiger charge is -2.26. The molecule has 4 heteroatoms. The molecule has 1 unspecified atom stereocenters. The zero-order chi connectivity index (χ0) is 14.8. The van der Waals surface area contributed by atoms with Crippen molar-refractivity contribution in [3.8, 4) is 10.7 Å². The van der Waals surface area contributed by atoms with Crippen molar-refractivity contribution in [1.29, 1.82) is 0 Å². The van der Waals surface area contributed by atoms with Crippen LogP contribution in [-0.4, -0.2) is 22.6 Å². The number of fused-ring (bicyclic) bond motifs is 1. The Hall–Kier alpha value is -1.26. The Labute approximate surface area is 130 Å². The monoisotopic (exact) mass is 301 g/mol. The van der Waals surface area contributed by atoms with Crippen LogP contribution >= 0.6 is 11.3 Å². The third-order valence-electron chi connectivity index (χ3n) is 4.14. The number of nitrogens with zero attached hydrogens (tertiary/aromatic N) is 2. The Balaban J connectivity index is 1.80. The lowest BCUT2D eigenvalue weighted by molar-refractivity contribution is 0.401. The molecule has 2 aromatic rings. The molecule has 3 nitrogen and oxygen atoms in total. The summed E-state index contributed by atoms with van der Waals surface area (Å²) in [6, 6.07) is 4.72. The molecule has 0 saturated carbocycles. The fourth-order valence-electron chi connectivity index (χ4n) is 2.95. The van der Waals surface area contributed by atoms with Gasteiger partial charge in [0.1, 0.15) is 0 Å². The number of nitrogens with one attached hydrogen (secondary N) is 1. The molecule has 1 aliphatic rings. The molecule has 2 heterocycles. The second kappa shape index (κ2) is 6.24. The standard InChI is InChI=1S/C17H23N3S/c1-11(2)18-10-13-6-7-15-14(9-13)12(3)19-17(20-15)16-5-4-8-21-16/h4-5,8,11,13,18H,6-7,9-10H2,1-3H3. The highest BCUT2D eigenvalue weighted by Crippen LogP contribution is 2.29. The molecular weight excluding hydrogens is 278 g/mol. The Morgan fingerprint density at radius 1 is 1.38 bits per heavy atom. The van der Waals surface area contributed by atoms with Gasteiger partial charge >= 0.3 is 0 Å². The maximum Gasteiger partial charge on any atom is 0.169 e. The highest BCUT2D eigenvalue weighted by molar-refractivity contribution is 7.13. The first kappa shape index (κ1) is 14.7. The van der Waals surface area contributed by atoms with E-state index in [4.69, 9.17) is 9.97 Å². The van der Waals surface area contributed by atoms with Gasteiger partial charge in [0.05, 0.1) is 4.88 Å². The van der Waals surface area contributed by atoms with E-state index in [0.29, 0.717) is 6.04 Å². The normalized spacial score (nSPS) is 18.0. The number of aryl methyl sites for hydroxylation is 2. The summed E-state index contributed by atoms with van der Waals surface area (Å²) in [6.07, 6.45) is 3.43. The Morgan fingerprint density at radius 2 is 2.24 bits per heavy atom. The van der Waals surface area contributed by atoms with Gasteiger partial charge in [0.25, 0.3) is 0 Å². The molecule has 0 aromatic carbocycles. The summed E-state index contributed by atoms with van der Waals surface area (Å²) in [5, 5.41) is 5.64. The lowest BCUT2D eigenvalue weighted by atomic mass is 9.85. The third-order valence-corrected chi connectivity index (χ3v) is 5.00. The van der Waals surface area contributed by atoms with Crippen LogP contribution in [0.3, 0.4) is 0 Å². The minimum Gasteiger partial charge on any atom is -0.314 e. The molecule has 0 fully saturated rings. The third kappa shape index (κ3) is 3.33. The largest absolute Gasteiger partial charge is 0.314 e. The van der Waals surface area contributed by atoms with E-state index >= 15 is 0 Å². The topological polar surface area (TPSA) is 37.8 Å². The molecule has 1 atom stereocenters. The summed E-state index contributed by atoms with van der Waals surface area (Å²) >= 11 is 1.71. The van der Waals surface area contributed by atoms with Crippen LogP contribution in [-0.2, 0) is 12.8 Å². The second-order valence-corrected chi connectivity index (χ2v) is 7.15. The number of thiophene rings is 1. The van der Waals surface area contributed by atoms with Gasteiger partial charge in [-0.3, -0.25) is 0 Å². The van der Waals surface area contributed by atoms with Crippen LogP contribution in [0.4, 0.5) is 0 Å². The fraction of sp³-hybridized carbons (Fsp3) is 0.529. The predicted octanol–water partition coefficient (Wildman–Crippen LogP) is 3.62. The van der Waals surface area contributed by atoms with Gasteiger partial charge in [-0.2, -0.15) is 0 Å². The fourth-order valence-corrected chi connectivity index (χ4v) is 3.61. The van der Waals surface area contributed by atoms with Gasteiger partial charge in [0, 0.05) is 17.4 Å². The van der Waals surface area contributed by atoms with Crippen LogP contribution in [0.1, 0.15) is 37.2 Å². The van der Waals surface area contributed by atoms with Crippen LogP contribution < -0.4 is 5.32 Å². The highest BCUT2D eigenvalue weighted by Gasteiger charge is 2.23. The number of hydrogen-bond acceptors (Lipinski definition) is 4. The summed E-state index contributed by atoms with van der Waals surface area (Å²) < 4.78 is 0. The van der Waals surface area contributed by atoms with Crippen molar-refractivity contribution >= 4 is 11.3 Å². The molecule has 0 amide bonds. The van der Waals surface area contributed by atoms with Crippen LogP contribution in [0.25, 0.3) is 10.7 Å². The average molecular weight is 301 g/mol. The number of rotatable bonds is 4. The van der Waals surface area contributed by atoms with E-state index < -0.39 is 0 Å². The summed E-state index contributed by atoms with van der Waals surface area (Å²) in [7, 11) is 0. The maximum atomic E-state index is 4.83. The molecule has 2 aromatic heterocycles. The molecule has 3 rings (SSSR count). The average Bonchev–Trinajstić information content (AvgIpc) is 2.99. The molecule has 0 spiro atoms. The van der Waals surface area contributed by atoms with Crippen LogP contribution in [0.15, 0.2) is 17.5 Å². The van der Waals surface area contributed by atoms with Crippen LogP contribution in [0.2, 0.25) is 0 Å². The van der Waals surface area contributed by atoms with Crippen molar-refractivity contribution in [1.82, 2.24) is 15.3 Å². The summed E-state index contributed by atoms with van der Waals surface area (Å²) in [4.78, 5) is 10.7. The van der Waals surface area contributed by atoms with Crippen molar-refractivity contribution in [2.45, 2.75) is 46.1 Å². The molecule has 21 heavy (non-hydrogen) atoms.